The van der Waals surface area contributed by atoms with Crippen LogP contribution in [0.3, 0.4) is 0 Å². The van der Waals surface area contributed by atoms with Crippen molar-refractivity contribution in [3.63, 3.8) is 0 Å². The first-order chi connectivity index (χ1) is 8.06. The maximum Gasteiger partial charge on any atom is 0.307 e. The number of carbonyl (C=O) groups excluding carboxylic acids is 1. The number of amides is 1. The molecule has 17 heavy (non-hydrogen) atoms. The first kappa shape index (κ1) is 13.7. The number of carboxylic acids is 1. The van der Waals surface area contributed by atoms with Crippen LogP contribution in [0.2, 0.25) is 0 Å². The summed E-state index contributed by atoms with van der Waals surface area (Å²) >= 11 is 0. The van der Waals surface area contributed by atoms with Crippen molar-refractivity contribution in [2.24, 2.45) is 11.8 Å². The summed E-state index contributed by atoms with van der Waals surface area (Å²) in [6.07, 6.45) is 5.60. The Bertz CT molecular complexity index is 301. The third kappa shape index (κ3) is 3.88. The van der Waals surface area contributed by atoms with Crippen LogP contribution in [0.5, 0.6) is 0 Å². The smallest absolute Gasteiger partial charge is 0.307 e. The fourth-order valence-corrected chi connectivity index (χ4v) is 2.40. The quantitative estimate of drug-likeness (QED) is 0.721. The van der Waals surface area contributed by atoms with E-state index in [9.17, 15) is 9.59 Å². The number of nitrogens with one attached hydrogen (secondary N) is 1. The van der Waals surface area contributed by atoms with Gasteiger partial charge in [0.1, 0.15) is 0 Å². The Morgan fingerprint density at radius 1 is 1.41 bits per heavy atom. The molecule has 1 aliphatic rings. The molecule has 96 valence electrons. The summed E-state index contributed by atoms with van der Waals surface area (Å²) in [6.45, 7) is 5.52. The number of carbonyl (C=O) groups is 2. The molecule has 1 saturated carbocycles. The van der Waals surface area contributed by atoms with Gasteiger partial charge in [0.15, 0.2) is 0 Å². The van der Waals surface area contributed by atoms with E-state index in [0.717, 1.165) is 12.8 Å². The van der Waals surface area contributed by atoms with Gasteiger partial charge >= 0.3 is 5.97 Å². The van der Waals surface area contributed by atoms with Crippen LogP contribution in [-0.2, 0) is 9.59 Å². The number of hydrogen-bond donors (Lipinski definition) is 2. The Morgan fingerprint density at radius 3 is 2.53 bits per heavy atom. The Hall–Kier alpha value is -1.32. The maximum atomic E-state index is 12.0. The lowest BCUT2D eigenvalue weighted by molar-refractivity contribution is -0.149. The van der Waals surface area contributed by atoms with Crippen LogP contribution in [0.1, 0.15) is 39.0 Å². The van der Waals surface area contributed by atoms with Crippen molar-refractivity contribution in [2.75, 3.05) is 0 Å². The summed E-state index contributed by atoms with van der Waals surface area (Å²) in [5.41, 5.74) is 0. The van der Waals surface area contributed by atoms with Crippen LogP contribution in [0.4, 0.5) is 0 Å². The molecule has 0 aliphatic heterocycles. The van der Waals surface area contributed by atoms with E-state index in [0.29, 0.717) is 19.3 Å². The van der Waals surface area contributed by atoms with Gasteiger partial charge in [-0.15, -0.1) is 6.58 Å². The number of rotatable bonds is 5. The van der Waals surface area contributed by atoms with Gasteiger partial charge in [0, 0.05) is 6.04 Å². The Morgan fingerprint density at radius 2 is 2.00 bits per heavy atom. The highest BCUT2D eigenvalue weighted by molar-refractivity contribution is 5.85. The fourth-order valence-electron chi connectivity index (χ4n) is 2.40. The Kier molecular flexibility index (Phi) is 5.19. The van der Waals surface area contributed by atoms with E-state index in [1.807, 2.05) is 6.92 Å². The van der Waals surface area contributed by atoms with Crippen molar-refractivity contribution < 1.29 is 14.7 Å². The predicted octanol–water partition coefficient (Wildman–Crippen LogP) is 1.96. The summed E-state index contributed by atoms with van der Waals surface area (Å²) in [5, 5.41) is 12.0. The first-order valence-electron chi connectivity index (χ1n) is 6.20. The number of hydrogen-bond acceptors (Lipinski definition) is 2. The molecular weight excluding hydrogens is 218 g/mol. The summed E-state index contributed by atoms with van der Waals surface area (Å²) in [5.74, 6) is -1.85. The SMILES string of the molecule is C=CCC(C)NC(=O)[C@@H]1CCCC[C@@H]1C(=O)O. The zero-order valence-electron chi connectivity index (χ0n) is 10.3. The molecule has 4 nitrogen and oxygen atoms in total. The average molecular weight is 239 g/mol. The molecule has 0 saturated heterocycles. The molecule has 1 unspecified atom stereocenters. The van der Waals surface area contributed by atoms with E-state index in [1.54, 1.807) is 6.08 Å². The average Bonchev–Trinajstić information content (AvgIpc) is 2.29. The molecule has 3 atom stereocenters. The molecule has 4 heteroatoms. The molecule has 0 aromatic carbocycles. The molecule has 0 radical (unpaired) electrons. The lowest BCUT2D eigenvalue weighted by atomic mass is 9.78. The van der Waals surface area contributed by atoms with E-state index in [-0.39, 0.29) is 17.9 Å². The zero-order chi connectivity index (χ0) is 12.8. The molecule has 1 aliphatic carbocycles. The molecule has 0 spiro atoms. The third-order valence-electron chi connectivity index (χ3n) is 3.33. The Balaban J connectivity index is 2.58. The van der Waals surface area contributed by atoms with Crippen molar-refractivity contribution in [2.45, 2.75) is 45.1 Å². The van der Waals surface area contributed by atoms with Crippen molar-refractivity contribution >= 4 is 11.9 Å². The minimum absolute atomic E-state index is 0.0244. The van der Waals surface area contributed by atoms with Gasteiger partial charge < -0.3 is 10.4 Å². The van der Waals surface area contributed by atoms with Crippen molar-refractivity contribution in [1.29, 1.82) is 0 Å². The van der Waals surface area contributed by atoms with Gasteiger partial charge in [0.25, 0.3) is 0 Å². The van der Waals surface area contributed by atoms with Gasteiger partial charge in [-0.25, -0.2) is 0 Å². The van der Waals surface area contributed by atoms with Crippen LogP contribution >= 0.6 is 0 Å². The van der Waals surface area contributed by atoms with Crippen LogP contribution < -0.4 is 5.32 Å². The highest BCUT2D eigenvalue weighted by Crippen LogP contribution is 2.30. The van der Waals surface area contributed by atoms with Crippen molar-refractivity contribution in [3.05, 3.63) is 12.7 Å². The van der Waals surface area contributed by atoms with Crippen LogP contribution in [0.15, 0.2) is 12.7 Å². The van der Waals surface area contributed by atoms with E-state index < -0.39 is 11.9 Å². The Labute approximate surface area is 102 Å². The second-order valence-corrected chi connectivity index (χ2v) is 4.77. The largest absolute Gasteiger partial charge is 0.481 e. The second kappa shape index (κ2) is 6.42. The van der Waals surface area contributed by atoms with Gasteiger partial charge in [-0.2, -0.15) is 0 Å². The van der Waals surface area contributed by atoms with Crippen LogP contribution in [-0.4, -0.2) is 23.0 Å². The number of aliphatic carboxylic acids is 1. The molecule has 1 rings (SSSR count). The highest BCUT2D eigenvalue weighted by atomic mass is 16.4. The lowest BCUT2D eigenvalue weighted by Gasteiger charge is -2.28. The zero-order valence-corrected chi connectivity index (χ0v) is 10.3. The topological polar surface area (TPSA) is 66.4 Å². The standard InChI is InChI=1S/C13H21NO3/c1-3-6-9(2)14-12(15)10-7-4-5-8-11(10)13(16)17/h3,9-11H,1,4-8H2,2H3,(H,14,15)(H,16,17)/t9?,10-,11+/m1/s1. The normalized spacial score (nSPS) is 25.9. The van der Waals surface area contributed by atoms with Gasteiger partial charge in [-0.3, -0.25) is 9.59 Å². The minimum atomic E-state index is -0.846. The lowest BCUT2D eigenvalue weighted by Crippen LogP contribution is -2.43. The van der Waals surface area contributed by atoms with Gasteiger partial charge in [0.2, 0.25) is 5.91 Å². The van der Waals surface area contributed by atoms with Gasteiger partial charge in [-0.1, -0.05) is 18.9 Å². The summed E-state index contributed by atoms with van der Waals surface area (Å²) in [6, 6.07) is 0.0244. The molecule has 0 bridgehead atoms. The van der Waals surface area contributed by atoms with Crippen LogP contribution in [0.25, 0.3) is 0 Å². The van der Waals surface area contributed by atoms with E-state index >= 15 is 0 Å². The summed E-state index contributed by atoms with van der Waals surface area (Å²) < 4.78 is 0. The van der Waals surface area contributed by atoms with Crippen molar-refractivity contribution in [3.8, 4) is 0 Å². The van der Waals surface area contributed by atoms with Crippen molar-refractivity contribution in [1.82, 2.24) is 5.32 Å². The third-order valence-corrected chi connectivity index (χ3v) is 3.33. The van der Waals surface area contributed by atoms with Crippen LogP contribution in [0, 0.1) is 11.8 Å². The molecule has 1 amide bonds. The summed E-state index contributed by atoms with van der Waals surface area (Å²) in [4.78, 5) is 23.1. The minimum Gasteiger partial charge on any atom is -0.481 e. The predicted molar refractivity (Wildman–Crippen MR) is 65.5 cm³/mol. The highest BCUT2D eigenvalue weighted by Gasteiger charge is 2.35. The fraction of sp³-hybridized carbons (Fsp3) is 0.692. The first-order valence-corrected chi connectivity index (χ1v) is 6.20. The molecule has 1 fully saturated rings. The van der Waals surface area contributed by atoms with E-state index in [4.69, 9.17) is 5.11 Å². The molecule has 2 N–H and O–H groups in total. The molecule has 0 aromatic heterocycles. The van der Waals surface area contributed by atoms with Gasteiger partial charge in [-0.05, 0) is 26.2 Å². The van der Waals surface area contributed by atoms with E-state index in [2.05, 4.69) is 11.9 Å². The van der Waals surface area contributed by atoms with Gasteiger partial charge in [0.05, 0.1) is 11.8 Å². The second-order valence-electron chi connectivity index (χ2n) is 4.77. The number of carboxylic acid groups (broad SMARTS) is 1. The summed E-state index contributed by atoms with van der Waals surface area (Å²) in [7, 11) is 0. The molecule has 0 heterocycles. The monoisotopic (exact) mass is 239 g/mol. The molecule has 0 aromatic rings. The van der Waals surface area contributed by atoms with E-state index in [1.165, 1.54) is 0 Å². The molecular formula is C13H21NO3. The maximum absolute atomic E-state index is 12.0.